The number of benzene rings is 2. The number of hydrogen-bond acceptors (Lipinski definition) is 3. The molecule has 0 bridgehead atoms. The van der Waals surface area contributed by atoms with Crippen molar-refractivity contribution in [2.75, 3.05) is 11.4 Å². The van der Waals surface area contributed by atoms with E-state index in [1.54, 1.807) is 12.1 Å². The van der Waals surface area contributed by atoms with E-state index in [0.717, 1.165) is 18.8 Å². The third-order valence-electron chi connectivity index (χ3n) is 2.92. The van der Waals surface area contributed by atoms with Crippen molar-refractivity contribution in [3.05, 3.63) is 65.1 Å². The zero-order valence-electron chi connectivity index (χ0n) is 10.8. The van der Waals surface area contributed by atoms with Gasteiger partial charge in [-0.15, -0.1) is 17.3 Å². The first kappa shape index (κ1) is 15.2. The monoisotopic (exact) mass is 276 g/mol. The molecule has 2 rings (SSSR count). The number of nitroso groups, excluding NO2 is 1. The quantitative estimate of drug-likeness (QED) is 0.752. The van der Waals surface area contributed by atoms with E-state index in [-0.39, 0.29) is 12.4 Å². The van der Waals surface area contributed by atoms with Crippen LogP contribution in [0.2, 0.25) is 0 Å². The minimum absolute atomic E-state index is 0. The first-order chi connectivity index (χ1) is 8.83. The van der Waals surface area contributed by atoms with Gasteiger partial charge < -0.3 is 4.90 Å². The number of hydrogen-bond donors (Lipinski definition) is 0. The molecule has 100 valence electrons. The molecule has 0 aliphatic heterocycles. The summed E-state index contributed by atoms with van der Waals surface area (Å²) in [7, 11) is 0. The summed E-state index contributed by atoms with van der Waals surface area (Å²) in [5, 5.41) is 2.91. The van der Waals surface area contributed by atoms with Crippen molar-refractivity contribution in [1.82, 2.24) is 0 Å². The smallest absolute Gasteiger partial charge is 0.108 e. The molecule has 3 nitrogen and oxygen atoms in total. The van der Waals surface area contributed by atoms with Crippen LogP contribution < -0.4 is 4.90 Å². The Bertz CT molecular complexity index is 499. The molecule has 0 unspecified atom stereocenters. The average Bonchev–Trinajstić information content (AvgIpc) is 2.46. The molecule has 0 fully saturated rings. The first-order valence-corrected chi connectivity index (χ1v) is 6.05. The second-order valence-electron chi connectivity index (χ2n) is 4.11. The Balaban J connectivity index is 0.00000180. The average molecular weight is 277 g/mol. The maximum absolute atomic E-state index is 10.4. The fourth-order valence-corrected chi connectivity index (χ4v) is 1.91. The van der Waals surface area contributed by atoms with Gasteiger partial charge in [-0.1, -0.05) is 30.3 Å². The summed E-state index contributed by atoms with van der Waals surface area (Å²) in [6.07, 6.45) is 0. The molecule has 2 aromatic rings. The summed E-state index contributed by atoms with van der Waals surface area (Å²) in [4.78, 5) is 12.6. The van der Waals surface area contributed by atoms with E-state index in [1.807, 2.05) is 30.3 Å². The minimum Gasteiger partial charge on any atom is -0.367 e. The molecule has 0 radical (unpaired) electrons. The SMILES string of the molecule is CCN(Cc1ccccc1)c1ccc(N=O)cc1.Cl. The largest absolute Gasteiger partial charge is 0.367 e. The van der Waals surface area contributed by atoms with E-state index >= 15 is 0 Å². The lowest BCUT2D eigenvalue weighted by Crippen LogP contribution is -2.21. The Labute approximate surface area is 119 Å². The van der Waals surface area contributed by atoms with E-state index < -0.39 is 0 Å². The molecule has 4 heteroatoms. The molecule has 0 aliphatic rings. The van der Waals surface area contributed by atoms with Crippen molar-refractivity contribution in [2.24, 2.45) is 5.18 Å². The minimum atomic E-state index is 0. The number of halogens is 1. The van der Waals surface area contributed by atoms with E-state index in [1.165, 1.54) is 5.56 Å². The van der Waals surface area contributed by atoms with Crippen molar-refractivity contribution >= 4 is 23.8 Å². The van der Waals surface area contributed by atoms with Gasteiger partial charge in [-0.25, -0.2) is 0 Å². The summed E-state index contributed by atoms with van der Waals surface area (Å²) in [6, 6.07) is 17.7. The Hall–Kier alpha value is -1.87. The van der Waals surface area contributed by atoms with Gasteiger partial charge in [0.2, 0.25) is 0 Å². The molecule has 0 atom stereocenters. The van der Waals surface area contributed by atoms with Gasteiger partial charge >= 0.3 is 0 Å². The van der Waals surface area contributed by atoms with E-state index in [4.69, 9.17) is 0 Å². The van der Waals surface area contributed by atoms with Crippen molar-refractivity contribution in [3.63, 3.8) is 0 Å². The highest BCUT2D eigenvalue weighted by molar-refractivity contribution is 5.85. The van der Waals surface area contributed by atoms with Crippen LogP contribution in [0.5, 0.6) is 0 Å². The maximum atomic E-state index is 10.4. The molecular weight excluding hydrogens is 260 g/mol. The number of anilines is 1. The standard InChI is InChI=1S/C15H16N2O.ClH/c1-2-17(12-13-6-4-3-5-7-13)15-10-8-14(16-18)9-11-15;/h3-11H,2,12H2,1H3;1H. The van der Waals surface area contributed by atoms with Gasteiger partial charge in [-0.05, 0) is 41.9 Å². The topological polar surface area (TPSA) is 32.7 Å². The lowest BCUT2D eigenvalue weighted by atomic mass is 10.2. The van der Waals surface area contributed by atoms with E-state index in [9.17, 15) is 4.91 Å². The fraction of sp³-hybridized carbons (Fsp3) is 0.200. The molecule has 19 heavy (non-hydrogen) atoms. The Morgan fingerprint density at radius 2 is 1.63 bits per heavy atom. The van der Waals surface area contributed by atoms with Crippen LogP contribution in [0.1, 0.15) is 12.5 Å². The van der Waals surface area contributed by atoms with Crippen molar-refractivity contribution in [2.45, 2.75) is 13.5 Å². The fourth-order valence-electron chi connectivity index (χ4n) is 1.91. The second-order valence-corrected chi connectivity index (χ2v) is 4.11. The molecule has 0 N–H and O–H groups in total. The van der Waals surface area contributed by atoms with Gasteiger partial charge in [0.15, 0.2) is 0 Å². The van der Waals surface area contributed by atoms with Crippen LogP contribution in [0.15, 0.2) is 59.8 Å². The molecule has 0 saturated carbocycles. The van der Waals surface area contributed by atoms with Crippen LogP contribution >= 0.6 is 12.4 Å². The van der Waals surface area contributed by atoms with Crippen molar-refractivity contribution in [3.8, 4) is 0 Å². The molecule has 0 heterocycles. The predicted octanol–water partition coefficient (Wildman–Crippen LogP) is 4.53. The highest BCUT2D eigenvalue weighted by Crippen LogP contribution is 2.21. The summed E-state index contributed by atoms with van der Waals surface area (Å²) in [5.74, 6) is 0. The van der Waals surface area contributed by atoms with Crippen LogP contribution in [-0.2, 0) is 6.54 Å². The van der Waals surface area contributed by atoms with E-state index in [0.29, 0.717) is 5.69 Å². The third-order valence-corrected chi connectivity index (χ3v) is 2.92. The summed E-state index contributed by atoms with van der Waals surface area (Å²) < 4.78 is 0. The van der Waals surface area contributed by atoms with Crippen molar-refractivity contribution < 1.29 is 0 Å². The first-order valence-electron chi connectivity index (χ1n) is 6.05. The predicted molar refractivity (Wildman–Crippen MR) is 82.3 cm³/mol. The van der Waals surface area contributed by atoms with Crippen LogP contribution in [-0.4, -0.2) is 6.54 Å². The van der Waals surface area contributed by atoms with E-state index in [2.05, 4.69) is 29.1 Å². The summed E-state index contributed by atoms with van der Waals surface area (Å²) in [6.45, 7) is 3.91. The number of rotatable bonds is 5. The Morgan fingerprint density at radius 3 is 2.16 bits per heavy atom. The van der Waals surface area contributed by atoms with Gasteiger partial charge in [0, 0.05) is 18.8 Å². The zero-order valence-corrected chi connectivity index (χ0v) is 11.6. The normalized spacial score (nSPS) is 9.53. The molecule has 0 aliphatic carbocycles. The highest BCUT2D eigenvalue weighted by Gasteiger charge is 2.05. The molecular formula is C15H17ClN2O. The molecule has 0 spiro atoms. The van der Waals surface area contributed by atoms with Gasteiger partial charge in [-0.3, -0.25) is 0 Å². The Kier molecular flexibility index (Phi) is 6.03. The lowest BCUT2D eigenvalue weighted by molar-refractivity contribution is 0.832. The van der Waals surface area contributed by atoms with Crippen LogP contribution in [0.4, 0.5) is 11.4 Å². The number of nitrogens with zero attached hydrogens (tertiary/aromatic N) is 2. The second kappa shape index (κ2) is 7.54. The molecule has 0 saturated heterocycles. The summed E-state index contributed by atoms with van der Waals surface area (Å²) in [5.41, 5.74) is 2.85. The maximum Gasteiger partial charge on any atom is 0.108 e. The molecule has 0 amide bonds. The van der Waals surface area contributed by atoms with Crippen LogP contribution in [0, 0.1) is 4.91 Å². The Morgan fingerprint density at radius 1 is 1.00 bits per heavy atom. The zero-order chi connectivity index (χ0) is 12.8. The summed E-state index contributed by atoms with van der Waals surface area (Å²) >= 11 is 0. The highest BCUT2D eigenvalue weighted by atomic mass is 35.5. The van der Waals surface area contributed by atoms with Gasteiger partial charge in [0.1, 0.15) is 5.69 Å². The van der Waals surface area contributed by atoms with Crippen LogP contribution in [0.25, 0.3) is 0 Å². The molecule has 2 aromatic carbocycles. The van der Waals surface area contributed by atoms with Gasteiger partial charge in [-0.2, -0.15) is 0 Å². The van der Waals surface area contributed by atoms with Crippen molar-refractivity contribution in [1.29, 1.82) is 0 Å². The molecule has 0 aromatic heterocycles. The van der Waals surface area contributed by atoms with Gasteiger partial charge in [0.25, 0.3) is 0 Å². The van der Waals surface area contributed by atoms with Crippen LogP contribution in [0.3, 0.4) is 0 Å². The van der Waals surface area contributed by atoms with Gasteiger partial charge in [0.05, 0.1) is 0 Å². The lowest BCUT2D eigenvalue weighted by Gasteiger charge is -2.23. The third kappa shape index (κ3) is 4.07.